The van der Waals surface area contributed by atoms with E-state index in [2.05, 4.69) is 4.74 Å². The Morgan fingerprint density at radius 2 is 1.24 bits per heavy atom. The van der Waals surface area contributed by atoms with Crippen LogP contribution in [0.25, 0.3) is 0 Å². The van der Waals surface area contributed by atoms with E-state index in [0.29, 0.717) is 0 Å². The zero-order valence-corrected chi connectivity index (χ0v) is 12.8. The van der Waals surface area contributed by atoms with Crippen molar-refractivity contribution < 1.29 is 75.3 Å². The Bertz CT molecular complexity index is 649. The van der Waals surface area contributed by atoms with Crippen LogP contribution in [0.2, 0.25) is 0 Å². The van der Waals surface area contributed by atoms with Gasteiger partial charge in [-0.15, -0.1) is 0 Å². The van der Waals surface area contributed by atoms with Crippen LogP contribution in [0.15, 0.2) is 23.9 Å². The summed E-state index contributed by atoms with van der Waals surface area (Å²) in [4.78, 5) is -3.22. The first-order valence-corrected chi connectivity index (χ1v) is 6.44. The monoisotopic (exact) mass is 467 g/mol. The van der Waals surface area contributed by atoms with Crippen molar-refractivity contribution in [2.24, 2.45) is 0 Å². The lowest BCUT2D eigenvalue weighted by Gasteiger charge is -2.47. The summed E-state index contributed by atoms with van der Waals surface area (Å²) in [6.45, 7) is -1.96. The van der Waals surface area contributed by atoms with Gasteiger partial charge in [0.25, 0.3) is 5.76 Å². The van der Waals surface area contributed by atoms with Gasteiger partial charge in [-0.2, -0.15) is 65.9 Å². The van der Waals surface area contributed by atoms with E-state index in [1.165, 1.54) is 0 Å². The molecule has 29 heavy (non-hydrogen) atoms. The summed E-state index contributed by atoms with van der Waals surface area (Å²) in [5, 5.41) is 0. The molecule has 1 saturated heterocycles. The number of halogens is 15. The summed E-state index contributed by atoms with van der Waals surface area (Å²) in [5.74, 6) is -7.78. The highest BCUT2D eigenvalue weighted by Crippen LogP contribution is 2.57. The summed E-state index contributed by atoms with van der Waals surface area (Å²) >= 11 is 0. The maximum Gasteiger partial charge on any atom is 0.453 e. The molecule has 1 aliphatic rings. The largest absolute Gasteiger partial charge is 0.482 e. The number of rotatable bonds is 4. The third kappa shape index (κ3) is 4.77. The molecule has 170 valence electrons. The molecule has 0 radical (unpaired) electrons. The SMILES string of the molecule is FC(=C(OC/C=C/C(F)(F)F)C(F)(F)F)N1C(F)(F)C(F)(F)OC(F)(F)C1(F)F. The Labute approximate surface area is 148 Å². The Morgan fingerprint density at radius 1 is 0.828 bits per heavy atom. The van der Waals surface area contributed by atoms with Crippen molar-refractivity contribution >= 4 is 0 Å². The van der Waals surface area contributed by atoms with Gasteiger partial charge in [0.2, 0.25) is 5.95 Å². The van der Waals surface area contributed by atoms with Gasteiger partial charge in [0.15, 0.2) is 0 Å². The molecular formula is C11H4F15NO2. The van der Waals surface area contributed by atoms with Gasteiger partial charge >= 0.3 is 36.7 Å². The molecule has 0 aromatic carbocycles. The topological polar surface area (TPSA) is 21.7 Å². The maximum absolute atomic E-state index is 13.8. The molecule has 0 spiro atoms. The number of allylic oxidation sites excluding steroid dienone is 2. The minimum absolute atomic E-state index is 0.322. The molecule has 0 aromatic rings. The second-order valence-corrected chi connectivity index (χ2v) is 4.93. The molecule has 1 aliphatic heterocycles. The van der Waals surface area contributed by atoms with Crippen molar-refractivity contribution in [2.75, 3.05) is 6.61 Å². The normalized spacial score (nSPS) is 24.4. The second-order valence-electron chi connectivity index (χ2n) is 4.93. The standard InChI is InChI=1S/C11H4F15NO2/c12-5(4(7(16,17)18)28-3-1-2-6(13,14)15)27-8(19,20)10(23,24)29-11(25,26)9(27,21)22/h1-2H,3H2/b2-1+,5-4?. The summed E-state index contributed by atoms with van der Waals surface area (Å²) in [5.41, 5.74) is 0. The number of hydrogen-bond acceptors (Lipinski definition) is 3. The fourth-order valence-electron chi connectivity index (χ4n) is 1.64. The highest BCUT2D eigenvalue weighted by Gasteiger charge is 2.84. The van der Waals surface area contributed by atoms with E-state index in [9.17, 15) is 65.9 Å². The quantitative estimate of drug-likeness (QED) is 0.235. The minimum atomic E-state index is -6.83. The van der Waals surface area contributed by atoms with Crippen LogP contribution in [-0.2, 0) is 9.47 Å². The van der Waals surface area contributed by atoms with Crippen molar-refractivity contribution in [3.05, 3.63) is 23.9 Å². The predicted molar refractivity (Wildman–Crippen MR) is 58.0 cm³/mol. The van der Waals surface area contributed by atoms with Crippen LogP contribution in [0.1, 0.15) is 0 Å². The van der Waals surface area contributed by atoms with Crippen LogP contribution in [0, 0.1) is 0 Å². The van der Waals surface area contributed by atoms with Crippen molar-refractivity contribution in [1.29, 1.82) is 0 Å². The summed E-state index contributed by atoms with van der Waals surface area (Å²) in [6.07, 6.45) is -26.0. The first-order valence-electron chi connectivity index (χ1n) is 6.44. The zero-order chi connectivity index (χ0) is 23.3. The fraction of sp³-hybridized carbons (Fsp3) is 0.636. The second kappa shape index (κ2) is 7.05. The average Bonchev–Trinajstić information content (AvgIpc) is 2.40. The molecule has 0 unspecified atom stereocenters. The van der Waals surface area contributed by atoms with Gasteiger partial charge < -0.3 is 4.74 Å². The van der Waals surface area contributed by atoms with Crippen LogP contribution in [0.4, 0.5) is 65.9 Å². The molecule has 0 aliphatic carbocycles. The molecule has 3 nitrogen and oxygen atoms in total. The van der Waals surface area contributed by atoms with E-state index < -0.39 is 66.0 Å². The summed E-state index contributed by atoms with van der Waals surface area (Å²) in [7, 11) is 0. The predicted octanol–water partition coefficient (Wildman–Crippen LogP) is 5.53. The summed E-state index contributed by atoms with van der Waals surface area (Å²) in [6, 6.07) is -13.7. The van der Waals surface area contributed by atoms with E-state index >= 15 is 0 Å². The van der Waals surface area contributed by atoms with Crippen LogP contribution >= 0.6 is 0 Å². The smallest absolute Gasteiger partial charge is 0.453 e. The lowest BCUT2D eigenvalue weighted by Crippen LogP contribution is -2.73. The molecule has 0 amide bonds. The molecular weight excluding hydrogens is 463 g/mol. The number of alkyl halides is 14. The molecule has 0 N–H and O–H groups in total. The van der Waals surface area contributed by atoms with Gasteiger partial charge in [-0.1, -0.05) is 0 Å². The van der Waals surface area contributed by atoms with Crippen molar-refractivity contribution in [3.63, 3.8) is 0 Å². The van der Waals surface area contributed by atoms with E-state index in [1.54, 1.807) is 0 Å². The van der Waals surface area contributed by atoms with Crippen LogP contribution < -0.4 is 0 Å². The first kappa shape index (κ1) is 25.0. The van der Waals surface area contributed by atoms with Crippen LogP contribution in [0.5, 0.6) is 0 Å². The minimum Gasteiger partial charge on any atom is -0.482 e. The third-order valence-corrected chi connectivity index (χ3v) is 2.79. The fourth-order valence-corrected chi connectivity index (χ4v) is 1.64. The van der Waals surface area contributed by atoms with Gasteiger partial charge in [0.05, 0.1) is 0 Å². The molecule has 0 atom stereocenters. The van der Waals surface area contributed by atoms with Crippen LogP contribution in [0.3, 0.4) is 0 Å². The van der Waals surface area contributed by atoms with Gasteiger partial charge in [0.1, 0.15) is 6.61 Å². The van der Waals surface area contributed by atoms with Gasteiger partial charge in [-0.05, 0) is 6.08 Å². The van der Waals surface area contributed by atoms with Crippen molar-refractivity contribution in [1.82, 2.24) is 4.90 Å². The third-order valence-electron chi connectivity index (χ3n) is 2.79. The van der Waals surface area contributed by atoms with Crippen LogP contribution in [-0.4, -0.2) is 48.2 Å². The molecule has 1 heterocycles. The number of nitrogens with zero attached hydrogens (tertiary/aromatic N) is 1. The lowest BCUT2D eigenvalue weighted by atomic mass is 10.2. The van der Waals surface area contributed by atoms with E-state index in [0.717, 1.165) is 0 Å². The van der Waals surface area contributed by atoms with Gasteiger partial charge in [0, 0.05) is 6.08 Å². The van der Waals surface area contributed by atoms with E-state index in [4.69, 9.17) is 0 Å². The molecule has 0 saturated carbocycles. The van der Waals surface area contributed by atoms with Gasteiger partial charge in [-0.3, -0.25) is 0 Å². The molecule has 1 rings (SSSR count). The molecule has 18 heteroatoms. The molecule has 0 bridgehead atoms. The number of morpholine rings is 1. The van der Waals surface area contributed by atoms with E-state index in [-0.39, 0.29) is 6.08 Å². The highest BCUT2D eigenvalue weighted by molar-refractivity contribution is 5.13. The Hall–Kier alpha value is -2.01. The van der Waals surface area contributed by atoms with Crippen molar-refractivity contribution in [2.45, 2.75) is 36.7 Å². The number of ether oxygens (including phenoxy) is 2. The van der Waals surface area contributed by atoms with Crippen molar-refractivity contribution in [3.8, 4) is 0 Å². The molecule has 0 aromatic heterocycles. The highest BCUT2D eigenvalue weighted by atomic mass is 19.4. The Balaban J connectivity index is 3.54. The maximum atomic E-state index is 13.8. The molecule has 1 fully saturated rings. The Kier molecular flexibility index (Phi) is 6.08. The lowest BCUT2D eigenvalue weighted by molar-refractivity contribution is -0.559. The Morgan fingerprint density at radius 3 is 1.59 bits per heavy atom. The average molecular weight is 467 g/mol. The zero-order valence-electron chi connectivity index (χ0n) is 12.8. The first-order chi connectivity index (χ1) is 12.6. The van der Waals surface area contributed by atoms with E-state index in [1.807, 2.05) is 4.74 Å². The van der Waals surface area contributed by atoms with Gasteiger partial charge in [-0.25, -0.2) is 9.64 Å². The summed E-state index contributed by atoms with van der Waals surface area (Å²) < 4.78 is 198. The number of hydrogen-bond donors (Lipinski definition) is 0.